The number of nitrogens with zero attached hydrogens (tertiary/aromatic N) is 1. The fourth-order valence-corrected chi connectivity index (χ4v) is 3.90. The Hall–Kier alpha value is -0.700. The Morgan fingerprint density at radius 3 is 2.72 bits per heavy atom. The summed E-state index contributed by atoms with van der Waals surface area (Å²) in [5, 5.41) is 9.31. The number of nitrogens with one attached hydrogen (secondary N) is 1. The monoisotopic (exact) mass is 280 g/mol. The van der Waals surface area contributed by atoms with Gasteiger partial charge < -0.3 is 9.84 Å². The van der Waals surface area contributed by atoms with E-state index in [4.69, 9.17) is 4.74 Å². The number of carboxylic acids is 1. The Morgan fingerprint density at radius 2 is 2.22 bits per heavy atom. The van der Waals surface area contributed by atoms with Crippen LogP contribution in [-0.2, 0) is 19.7 Å². The van der Waals surface area contributed by atoms with Gasteiger partial charge in [-0.25, -0.2) is 0 Å². The Balaban J connectivity index is 2.89. The van der Waals surface area contributed by atoms with Crippen LogP contribution in [0.3, 0.4) is 0 Å². The van der Waals surface area contributed by atoms with Crippen LogP contribution in [0, 0.1) is 0 Å². The number of methoxy groups -OCH3 is 1. The lowest BCUT2D eigenvalue weighted by molar-refractivity contribution is -0.147. The molecule has 8 heteroatoms. The summed E-state index contributed by atoms with van der Waals surface area (Å²) in [6, 6.07) is 0. The zero-order valence-electron chi connectivity index (χ0n) is 10.7. The van der Waals surface area contributed by atoms with Gasteiger partial charge in [-0.3, -0.25) is 4.79 Å². The van der Waals surface area contributed by atoms with Gasteiger partial charge in [-0.15, -0.1) is 0 Å². The molecular formula is C10H20N2O5S. The molecule has 106 valence electrons. The topological polar surface area (TPSA) is 95.9 Å². The summed E-state index contributed by atoms with van der Waals surface area (Å²) in [5.74, 6) is -1.08. The standard InChI is InChI=1S/C10H20N2O5S/c1-3-10(9(13)14)5-4-7-12(10)18(15,16)11-6-8-17-2/h11H,3-8H2,1-2H3,(H,13,14). The summed E-state index contributed by atoms with van der Waals surface area (Å²) in [7, 11) is -2.30. The molecule has 0 aromatic carbocycles. The quantitative estimate of drug-likeness (QED) is 0.629. The number of hydrogen-bond donors (Lipinski definition) is 2. The van der Waals surface area contributed by atoms with Crippen LogP contribution in [0.25, 0.3) is 0 Å². The normalized spacial score (nSPS) is 25.4. The Morgan fingerprint density at radius 1 is 1.56 bits per heavy atom. The molecule has 1 rings (SSSR count). The molecule has 0 aliphatic carbocycles. The molecule has 0 spiro atoms. The molecule has 0 radical (unpaired) electrons. The highest BCUT2D eigenvalue weighted by Gasteiger charge is 2.51. The average molecular weight is 280 g/mol. The number of ether oxygens (including phenoxy) is 1. The van der Waals surface area contributed by atoms with Gasteiger partial charge in [0.25, 0.3) is 10.2 Å². The van der Waals surface area contributed by atoms with E-state index in [2.05, 4.69) is 4.72 Å². The van der Waals surface area contributed by atoms with E-state index >= 15 is 0 Å². The first-order valence-corrected chi connectivity index (χ1v) is 7.34. The van der Waals surface area contributed by atoms with Gasteiger partial charge in [0.05, 0.1) is 6.61 Å². The summed E-state index contributed by atoms with van der Waals surface area (Å²) < 4.78 is 32.4. The van der Waals surface area contributed by atoms with Gasteiger partial charge >= 0.3 is 5.97 Å². The van der Waals surface area contributed by atoms with Gasteiger partial charge in [0.2, 0.25) is 0 Å². The van der Waals surface area contributed by atoms with Crippen LogP contribution in [0.15, 0.2) is 0 Å². The maximum Gasteiger partial charge on any atom is 0.325 e. The zero-order chi connectivity index (χ0) is 13.8. The number of carbonyl (C=O) groups is 1. The van der Waals surface area contributed by atoms with Gasteiger partial charge in [-0.2, -0.15) is 17.4 Å². The van der Waals surface area contributed by atoms with Gasteiger partial charge in [0.1, 0.15) is 5.54 Å². The van der Waals surface area contributed by atoms with Gasteiger partial charge in [-0.05, 0) is 19.3 Å². The highest BCUT2D eigenvalue weighted by molar-refractivity contribution is 7.87. The first-order valence-electron chi connectivity index (χ1n) is 5.90. The molecule has 0 saturated carbocycles. The maximum absolute atomic E-state index is 12.1. The Labute approximate surface area is 107 Å². The molecular weight excluding hydrogens is 260 g/mol. The molecule has 1 aliphatic heterocycles. The van der Waals surface area contributed by atoms with Crippen molar-refractivity contribution in [2.45, 2.75) is 31.7 Å². The molecule has 1 atom stereocenters. The summed E-state index contributed by atoms with van der Waals surface area (Å²) in [6.07, 6.45) is 1.17. The van der Waals surface area contributed by atoms with Crippen molar-refractivity contribution in [2.75, 3.05) is 26.8 Å². The highest BCUT2D eigenvalue weighted by atomic mass is 32.2. The van der Waals surface area contributed by atoms with E-state index in [1.807, 2.05) is 0 Å². The van der Waals surface area contributed by atoms with Crippen LogP contribution in [0.2, 0.25) is 0 Å². The third kappa shape index (κ3) is 2.82. The van der Waals surface area contributed by atoms with Crippen LogP contribution in [0.1, 0.15) is 26.2 Å². The minimum atomic E-state index is -3.77. The van der Waals surface area contributed by atoms with Crippen LogP contribution in [-0.4, -0.2) is 56.1 Å². The van der Waals surface area contributed by atoms with Crippen molar-refractivity contribution in [3.8, 4) is 0 Å². The predicted octanol–water partition coefficient (Wildman–Crippen LogP) is -0.204. The van der Waals surface area contributed by atoms with Crippen molar-refractivity contribution in [3.05, 3.63) is 0 Å². The number of rotatable bonds is 7. The number of hydrogen-bond acceptors (Lipinski definition) is 4. The molecule has 1 heterocycles. The van der Waals surface area contributed by atoms with Crippen molar-refractivity contribution in [3.63, 3.8) is 0 Å². The van der Waals surface area contributed by atoms with Gasteiger partial charge in [0, 0.05) is 20.2 Å². The predicted molar refractivity (Wildman–Crippen MR) is 65.4 cm³/mol. The second-order valence-corrected chi connectivity index (χ2v) is 5.94. The summed E-state index contributed by atoms with van der Waals surface area (Å²) in [6.45, 7) is 2.31. The van der Waals surface area contributed by atoms with Crippen molar-refractivity contribution in [1.82, 2.24) is 9.03 Å². The molecule has 1 saturated heterocycles. The van der Waals surface area contributed by atoms with Crippen LogP contribution < -0.4 is 4.72 Å². The van der Waals surface area contributed by atoms with Crippen molar-refractivity contribution in [2.24, 2.45) is 0 Å². The second-order valence-electron chi connectivity index (χ2n) is 4.26. The van der Waals surface area contributed by atoms with Crippen molar-refractivity contribution >= 4 is 16.2 Å². The molecule has 0 bridgehead atoms. The highest BCUT2D eigenvalue weighted by Crippen LogP contribution is 2.34. The van der Waals surface area contributed by atoms with Crippen molar-refractivity contribution < 1.29 is 23.1 Å². The average Bonchev–Trinajstić information content (AvgIpc) is 2.74. The molecule has 0 amide bonds. The number of carboxylic acid groups (broad SMARTS) is 1. The first kappa shape index (κ1) is 15.4. The Kier molecular flexibility index (Phi) is 5.09. The van der Waals surface area contributed by atoms with E-state index in [1.165, 1.54) is 7.11 Å². The Bertz CT molecular complexity index is 397. The molecule has 1 fully saturated rings. The molecule has 18 heavy (non-hydrogen) atoms. The lowest BCUT2D eigenvalue weighted by atomic mass is 9.95. The molecule has 7 nitrogen and oxygen atoms in total. The third-order valence-corrected chi connectivity index (χ3v) is 4.97. The lowest BCUT2D eigenvalue weighted by Crippen LogP contribution is -2.56. The fraction of sp³-hybridized carbons (Fsp3) is 0.900. The lowest BCUT2D eigenvalue weighted by Gasteiger charge is -2.32. The largest absolute Gasteiger partial charge is 0.480 e. The van der Waals surface area contributed by atoms with Gasteiger partial charge in [0.15, 0.2) is 0 Å². The van der Waals surface area contributed by atoms with Gasteiger partial charge in [-0.1, -0.05) is 6.92 Å². The van der Waals surface area contributed by atoms with Crippen LogP contribution in [0.4, 0.5) is 0 Å². The van der Waals surface area contributed by atoms with E-state index in [9.17, 15) is 18.3 Å². The summed E-state index contributed by atoms with van der Waals surface area (Å²) in [4.78, 5) is 11.4. The maximum atomic E-state index is 12.1. The second kappa shape index (κ2) is 5.96. The molecule has 1 unspecified atom stereocenters. The van der Waals surface area contributed by atoms with E-state index in [0.29, 0.717) is 12.8 Å². The van der Waals surface area contributed by atoms with E-state index < -0.39 is 21.7 Å². The molecule has 0 aromatic heterocycles. The number of aliphatic carboxylic acids is 1. The van der Waals surface area contributed by atoms with E-state index in [0.717, 1.165) is 4.31 Å². The summed E-state index contributed by atoms with van der Waals surface area (Å²) >= 11 is 0. The fourth-order valence-electron chi connectivity index (χ4n) is 2.27. The SMILES string of the molecule is CCC1(C(=O)O)CCCN1S(=O)(=O)NCCOC. The summed E-state index contributed by atoms with van der Waals surface area (Å²) in [5.41, 5.74) is -1.31. The smallest absolute Gasteiger partial charge is 0.325 e. The zero-order valence-corrected chi connectivity index (χ0v) is 11.5. The molecule has 2 N–H and O–H groups in total. The van der Waals surface area contributed by atoms with E-state index in [1.54, 1.807) is 6.92 Å². The van der Waals surface area contributed by atoms with Crippen LogP contribution >= 0.6 is 0 Å². The first-order chi connectivity index (χ1) is 8.40. The third-order valence-electron chi connectivity index (χ3n) is 3.29. The molecule has 1 aliphatic rings. The van der Waals surface area contributed by atoms with E-state index in [-0.39, 0.29) is 26.1 Å². The van der Waals surface area contributed by atoms with Crippen LogP contribution in [0.5, 0.6) is 0 Å². The van der Waals surface area contributed by atoms with Crippen molar-refractivity contribution in [1.29, 1.82) is 0 Å². The molecule has 0 aromatic rings. The minimum Gasteiger partial charge on any atom is -0.480 e. The minimum absolute atomic E-state index is 0.134.